The lowest BCUT2D eigenvalue weighted by molar-refractivity contribution is -0.0237. The molecule has 1 aliphatic rings. The highest BCUT2D eigenvalue weighted by Gasteiger charge is 2.27. The third kappa shape index (κ3) is 2.67. The van der Waals surface area contributed by atoms with Crippen molar-refractivity contribution in [3.8, 4) is 0 Å². The van der Waals surface area contributed by atoms with Crippen molar-refractivity contribution in [2.24, 2.45) is 0 Å². The first kappa shape index (κ1) is 10.4. The first-order chi connectivity index (χ1) is 7.25. The van der Waals surface area contributed by atoms with E-state index in [0.29, 0.717) is 0 Å². The number of ether oxygens (including phenoxy) is 2. The van der Waals surface area contributed by atoms with E-state index in [-0.39, 0.29) is 18.5 Å². The van der Waals surface area contributed by atoms with Crippen molar-refractivity contribution < 1.29 is 9.47 Å². The summed E-state index contributed by atoms with van der Waals surface area (Å²) in [6, 6.07) is 10.1. The van der Waals surface area contributed by atoms with Crippen molar-refractivity contribution in [3.63, 3.8) is 0 Å². The lowest BCUT2D eigenvalue weighted by Gasteiger charge is -2.02. The number of rotatable bonds is 2. The second kappa shape index (κ2) is 4.60. The van der Waals surface area contributed by atoms with Gasteiger partial charge in [-0.15, -0.1) is 0 Å². The Kier molecular flexibility index (Phi) is 3.19. The Labute approximate surface area is 90.5 Å². The third-order valence-corrected chi connectivity index (χ3v) is 2.60. The van der Waals surface area contributed by atoms with Crippen LogP contribution in [0, 0.1) is 0 Å². The zero-order valence-corrected chi connectivity index (χ0v) is 9.09. The summed E-state index contributed by atoms with van der Waals surface area (Å²) in [6.45, 7) is 4.06. The first-order valence-electron chi connectivity index (χ1n) is 5.30. The van der Waals surface area contributed by atoms with Crippen LogP contribution in [0.4, 0.5) is 0 Å². The van der Waals surface area contributed by atoms with E-state index in [0.717, 1.165) is 5.56 Å². The van der Waals surface area contributed by atoms with Crippen LogP contribution in [0.1, 0.15) is 19.4 Å². The zero-order chi connectivity index (χ0) is 10.7. The summed E-state index contributed by atoms with van der Waals surface area (Å²) in [4.78, 5) is 0. The first-order valence-corrected chi connectivity index (χ1v) is 5.30. The van der Waals surface area contributed by atoms with Gasteiger partial charge in [-0.25, -0.2) is 0 Å². The van der Waals surface area contributed by atoms with E-state index in [1.807, 2.05) is 44.2 Å². The van der Waals surface area contributed by atoms with Gasteiger partial charge in [-0.1, -0.05) is 36.4 Å². The number of hydrogen-bond donors (Lipinski definition) is 0. The highest BCUT2D eigenvalue weighted by molar-refractivity contribution is 5.49. The summed E-state index contributed by atoms with van der Waals surface area (Å²) in [5.41, 5.74) is 1.16. The van der Waals surface area contributed by atoms with Gasteiger partial charge in [-0.3, -0.25) is 0 Å². The number of benzene rings is 1. The highest BCUT2D eigenvalue weighted by Crippen LogP contribution is 2.19. The molecule has 0 bridgehead atoms. The van der Waals surface area contributed by atoms with Crippen molar-refractivity contribution in [2.45, 2.75) is 32.3 Å². The molecular weight excluding hydrogens is 188 g/mol. The Balaban J connectivity index is 1.96. The van der Waals surface area contributed by atoms with Gasteiger partial charge in [0.05, 0.1) is 12.2 Å². The fourth-order valence-corrected chi connectivity index (χ4v) is 1.52. The molecule has 1 aliphatic heterocycles. The Morgan fingerprint density at radius 1 is 1.00 bits per heavy atom. The normalized spacial score (nSPS) is 31.2. The summed E-state index contributed by atoms with van der Waals surface area (Å²) >= 11 is 0. The predicted octanol–water partition coefficient (Wildman–Crippen LogP) is 2.85. The maximum Gasteiger partial charge on any atom is 0.178 e. The molecule has 80 valence electrons. The molecule has 0 aliphatic carbocycles. The maximum atomic E-state index is 5.59. The van der Waals surface area contributed by atoms with Crippen LogP contribution in [0.3, 0.4) is 0 Å². The molecule has 1 aromatic rings. The standard InChI is InChI=1S/C13H16O2/c1-10-11(2)15-13(14-10)9-8-12-6-4-3-5-7-12/h3-11,13H,1-2H3. The molecule has 0 amide bonds. The van der Waals surface area contributed by atoms with Gasteiger partial charge >= 0.3 is 0 Å². The molecule has 1 fully saturated rings. The third-order valence-electron chi connectivity index (χ3n) is 2.60. The van der Waals surface area contributed by atoms with Crippen molar-refractivity contribution in [3.05, 3.63) is 42.0 Å². The molecule has 1 aromatic carbocycles. The van der Waals surface area contributed by atoms with Gasteiger partial charge in [-0.05, 0) is 25.5 Å². The van der Waals surface area contributed by atoms with Gasteiger partial charge in [0.1, 0.15) is 0 Å². The van der Waals surface area contributed by atoms with Crippen LogP contribution < -0.4 is 0 Å². The van der Waals surface area contributed by atoms with Gasteiger partial charge in [0.15, 0.2) is 6.29 Å². The Bertz CT molecular complexity index is 322. The van der Waals surface area contributed by atoms with Crippen LogP contribution in [-0.2, 0) is 9.47 Å². The van der Waals surface area contributed by atoms with Crippen molar-refractivity contribution in [2.75, 3.05) is 0 Å². The molecule has 2 rings (SSSR count). The highest BCUT2D eigenvalue weighted by atomic mass is 16.7. The van der Waals surface area contributed by atoms with Gasteiger partial charge < -0.3 is 9.47 Å². The SMILES string of the molecule is CC1OC(C=Cc2ccccc2)OC1C. The minimum Gasteiger partial charge on any atom is -0.343 e. The lowest BCUT2D eigenvalue weighted by Crippen LogP contribution is -2.13. The Morgan fingerprint density at radius 2 is 1.60 bits per heavy atom. The van der Waals surface area contributed by atoms with Crippen LogP contribution in [0.5, 0.6) is 0 Å². The van der Waals surface area contributed by atoms with E-state index < -0.39 is 0 Å². The number of hydrogen-bond acceptors (Lipinski definition) is 2. The fourth-order valence-electron chi connectivity index (χ4n) is 1.52. The average Bonchev–Trinajstić information content (AvgIpc) is 2.57. The summed E-state index contributed by atoms with van der Waals surface area (Å²) in [6.07, 6.45) is 4.13. The molecule has 0 radical (unpaired) electrons. The monoisotopic (exact) mass is 204 g/mol. The molecule has 1 saturated heterocycles. The van der Waals surface area contributed by atoms with Crippen LogP contribution in [-0.4, -0.2) is 18.5 Å². The summed E-state index contributed by atoms with van der Waals surface area (Å²) in [5, 5.41) is 0. The van der Waals surface area contributed by atoms with Crippen LogP contribution >= 0.6 is 0 Å². The van der Waals surface area contributed by atoms with Crippen molar-refractivity contribution in [1.29, 1.82) is 0 Å². The summed E-state index contributed by atoms with van der Waals surface area (Å²) < 4.78 is 11.2. The lowest BCUT2D eigenvalue weighted by atomic mass is 10.2. The minimum atomic E-state index is -0.199. The molecule has 0 aromatic heterocycles. The largest absolute Gasteiger partial charge is 0.343 e. The summed E-state index contributed by atoms with van der Waals surface area (Å²) in [5.74, 6) is 0. The van der Waals surface area contributed by atoms with Crippen LogP contribution in [0.15, 0.2) is 36.4 Å². The molecule has 2 atom stereocenters. The van der Waals surface area contributed by atoms with Crippen molar-refractivity contribution >= 4 is 6.08 Å². The Hall–Kier alpha value is -1.12. The van der Waals surface area contributed by atoms with E-state index in [1.165, 1.54) is 0 Å². The van der Waals surface area contributed by atoms with E-state index >= 15 is 0 Å². The van der Waals surface area contributed by atoms with Crippen molar-refractivity contribution in [1.82, 2.24) is 0 Å². The van der Waals surface area contributed by atoms with E-state index in [9.17, 15) is 0 Å². The molecule has 2 heteroatoms. The molecule has 1 heterocycles. The second-order valence-electron chi connectivity index (χ2n) is 3.82. The van der Waals surface area contributed by atoms with Gasteiger partial charge in [-0.2, -0.15) is 0 Å². The van der Waals surface area contributed by atoms with E-state index in [2.05, 4.69) is 12.1 Å². The molecule has 2 unspecified atom stereocenters. The topological polar surface area (TPSA) is 18.5 Å². The van der Waals surface area contributed by atoms with Crippen LogP contribution in [0.25, 0.3) is 6.08 Å². The Morgan fingerprint density at radius 3 is 2.20 bits per heavy atom. The average molecular weight is 204 g/mol. The van der Waals surface area contributed by atoms with E-state index in [4.69, 9.17) is 9.47 Å². The second-order valence-corrected chi connectivity index (χ2v) is 3.82. The quantitative estimate of drug-likeness (QED) is 0.737. The zero-order valence-electron chi connectivity index (χ0n) is 9.09. The smallest absolute Gasteiger partial charge is 0.178 e. The molecule has 0 N–H and O–H groups in total. The molecule has 15 heavy (non-hydrogen) atoms. The van der Waals surface area contributed by atoms with Gasteiger partial charge in [0.2, 0.25) is 0 Å². The minimum absolute atomic E-state index is 0.176. The van der Waals surface area contributed by atoms with E-state index in [1.54, 1.807) is 0 Å². The van der Waals surface area contributed by atoms with Crippen LogP contribution in [0.2, 0.25) is 0 Å². The molecule has 2 nitrogen and oxygen atoms in total. The predicted molar refractivity (Wildman–Crippen MR) is 60.4 cm³/mol. The van der Waals surface area contributed by atoms with Gasteiger partial charge in [0.25, 0.3) is 0 Å². The molecular formula is C13H16O2. The molecule has 0 spiro atoms. The maximum absolute atomic E-state index is 5.59. The molecule has 0 saturated carbocycles. The fraction of sp³-hybridized carbons (Fsp3) is 0.385. The van der Waals surface area contributed by atoms with Gasteiger partial charge in [0, 0.05) is 0 Å². The summed E-state index contributed by atoms with van der Waals surface area (Å²) in [7, 11) is 0.